The first-order chi connectivity index (χ1) is 12.7. The van der Waals surface area contributed by atoms with Crippen molar-refractivity contribution in [3.63, 3.8) is 0 Å². The quantitative estimate of drug-likeness (QED) is 0.509. The van der Waals surface area contributed by atoms with Gasteiger partial charge in [0.05, 0.1) is 6.54 Å². The predicted octanol–water partition coefficient (Wildman–Crippen LogP) is 3.62. The van der Waals surface area contributed by atoms with Crippen LogP contribution in [0.5, 0.6) is 0 Å². The van der Waals surface area contributed by atoms with Crippen LogP contribution in [-0.4, -0.2) is 29.3 Å². The molecular weight excluding hydrogens is 368 g/mol. The molecule has 0 saturated carbocycles. The summed E-state index contributed by atoms with van der Waals surface area (Å²) in [6.45, 7) is 0.642. The smallest absolute Gasteiger partial charge is 0.200 e. The summed E-state index contributed by atoms with van der Waals surface area (Å²) in [6, 6.07) is 7.92. The molecule has 4 rings (SSSR count). The highest BCUT2D eigenvalue weighted by molar-refractivity contribution is 7.09. The summed E-state index contributed by atoms with van der Waals surface area (Å²) in [5.74, 6) is 2.48. The third-order valence-electron chi connectivity index (χ3n) is 4.18. The van der Waals surface area contributed by atoms with Crippen molar-refractivity contribution >= 4 is 22.9 Å². The van der Waals surface area contributed by atoms with Gasteiger partial charge in [-0.05, 0) is 24.1 Å². The maximum atomic E-state index is 5.97. The zero-order valence-corrected chi connectivity index (χ0v) is 15.8. The van der Waals surface area contributed by atoms with E-state index in [-0.39, 0.29) is 0 Å². The predicted molar refractivity (Wildman–Crippen MR) is 102 cm³/mol. The molecule has 0 N–H and O–H groups in total. The van der Waals surface area contributed by atoms with Crippen LogP contribution >= 0.6 is 22.9 Å². The average Bonchev–Trinajstić information content (AvgIpc) is 3.37. The van der Waals surface area contributed by atoms with E-state index in [0.717, 1.165) is 40.3 Å². The molecule has 132 valence electrons. The Hall–Kier alpha value is -2.51. The molecule has 26 heavy (non-hydrogen) atoms. The molecular formula is C18H17ClN6S. The van der Waals surface area contributed by atoms with Crippen molar-refractivity contribution in [2.45, 2.75) is 19.4 Å². The molecule has 0 aliphatic rings. The Bertz CT molecular complexity index is 987. The lowest BCUT2D eigenvalue weighted by atomic mass is 10.1. The van der Waals surface area contributed by atoms with Gasteiger partial charge in [-0.25, -0.2) is 9.97 Å². The Balaban J connectivity index is 1.64. The van der Waals surface area contributed by atoms with Crippen LogP contribution in [0.3, 0.4) is 0 Å². The normalized spacial score (nSPS) is 11.2. The van der Waals surface area contributed by atoms with Gasteiger partial charge in [0.1, 0.15) is 10.8 Å². The Morgan fingerprint density at radius 2 is 1.85 bits per heavy atom. The summed E-state index contributed by atoms with van der Waals surface area (Å²) in [6.07, 6.45) is 7.15. The first-order valence-corrected chi connectivity index (χ1v) is 9.49. The molecule has 3 heterocycles. The number of benzene rings is 1. The monoisotopic (exact) mass is 384 g/mol. The van der Waals surface area contributed by atoms with Gasteiger partial charge in [-0.3, -0.25) is 0 Å². The van der Waals surface area contributed by atoms with Crippen LogP contribution in [0, 0.1) is 0 Å². The second-order valence-corrected chi connectivity index (χ2v) is 7.36. The maximum Gasteiger partial charge on any atom is 0.200 e. The second kappa shape index (κ2) is 7.39. The molecule has 0 aliphatic carbocycles. The fraction of sp³-hybridized carbons (Fsp3) is 0.222. The summed E-state index contributed by atoms with van der Waals surface area (Å²) >= 11 is 7.59. The van der Waals surface area contributed by atoms with Crippen molar-refractivity contribution in [2.24, 2.45) is 7.05 Å². The Labute approximate surface area is 160 Å². The van der Waals surface area contributed by atoms with Gasteiger partial charge in [0.25, 0.3) is 0 Å². The van der Waals surface area contributed by atoms with Crippen LogP contribution in [-0.2, 0) is 26.4 Å². The van der Waals surface area contributed by atoms with E-state index < -0.39 is 0 Å². The highest BCUT2D eigenvalue weighted by Gasteiger charge is 2.18. The van der Waals surface area contributed by atoms with Crippen LogP contribution in [0.4, 0.5) is 0 Å². The average molecular weight is 385 g/mol. The van der Waals surface area contributed by atoms with Crippen LogP contribution in [0.2, 0.25) is 5.02 Å². The van der Waals surface area contributed by atoms with Crippen LogP contribution < -0.4 is 0 Å². The van der Waals surface area contributed by atoms with Crippen molar-refractivity contribution in [3.05, 3.63) is 69.7 Å². The zero-order valence-electron chi connectivity index (χ0n) is 14.2. The molecule has 8 heteroatoms. The van der Waals surface area contributed by atoms with E-state index in [0.29, 0.717) is 6.54 Å². The second-order valence-electron chi connectivity index (χ2n) is 5.94. The molecule has 3 aromatic heterocycles. The van der Waals surface area contributed by atoms with E-state index in [1.165, 1.54) is 5.56 Å². The van der Waals surface area contributed by atoms with E-state index in [1.807, 2.05) is 53.7 Å². The minimum atomic E-state index is 0.642. The van der Waals surface area contributed by atoms with Gasteiger partial charge in [0, 0.05) is 42.5 Å². The van der Waals surface area contributed by atoms with Crippen LogP contribution in [0.25, 0.3) is 11.6 Å². The molecule has 1 aromatic carbocycles. The van der Waals surface area contributed by atoms with Crippen LogP contribution in [0.1, 0.15) is 16.4 Å². The van der Waals surface area contributed by atoms with Crippen molar-refractivity contribution in [1.29, 1.82) is 0 Å². The summed E-state index contributed by atoms with van der Waals surface area (Å²) in [5.41, 5.74) is 1.22. The highest BCUT2D eigenvalue weighted by Crippen LogP contribution is 2.20. The topological polar surface area (TPSA) is 61.4 Å². The number of hydrogen-bond donors (Lipinski definition) is 0. The molecule has 0 fully saturated rings. The number of halogens is 1. The number of hydrogen-bond acceptors (Lipinski definition) is 5. The van der Waals surface area contributed by atoms with Crippen molar-refractivity contribution in [2.75, 3.05) is 0 Å². The lowest BCUT2D eigenvalue weighted by molar-refractivity contribution is 0.708. The van der Waals surface area contributed by atoms with Gasteiger partial charge in [-0.2, -0.15) is 0 Å². The number of rotatable bonds is 6. The first kappa shape index (κ1) is 16.9. The number of nitrogens with zero attached hydrogens (tertiary/aromatic N) is 6. The fourth-order valence-electron chi connectivity index (χ4n) is 2.81. The number of aromatic nitrogens is 6. The van der Waals surface area contributed by atoms with E-state index >= 15 is 0 Å². The number of aryl methyl sites for hydroxylation is 3. The fourth-order valence-corrected chi connectivity index (χ4v) is 3.54. The summed E-state index contributed by atoms with van der Waals surface area (Å²) in [7, 11) is 1.96. The Morgan fingerprint density at radius 1 is 1.00 bits per heavy atom. The third-order valence-corrected chi connectivity index (χ3v) is 5.19. The SMILES string of the molecule is Cn1ccnc1-c1nnc(CCc2ccc(Cl)cc2)n1Cc1nccs1. The molecule has 0 bridgehead atoms. The molecule has 0 spiro atoms. The highest BCUT2D eigenvalue weighted by atomic mass is 35.5. The first-order valence-electron chi connectivity index (χ1n) is 8.23. The Morgan fingerprint density at radius 3 is 2.54 bits per heavy atom. The molecule has 0 amide bonds. The van der Waals surface area contributed by atoms with Crippen molar-refractivity contribution in [1.82, 2.24) is 29.3 Å². The van der Waals surface area contributed by atoms with Crippen molar-refractivity contribution < 1.29 is 0 Å². The summed E-state index contributed by atoms with van der Waals surface area (Å²) in [5, 5.41) is 12.6. The third kappa shape index (κ3) is 3.54. The van der Waals surface area contributed by atoms with Crippen molar-refractivity contribution in [3.8, 4) is 11.6 Å². The molecule has 0 unspecified atom stereocenters. The lowest BCUT2D eigenvalue weighted by Gasteiger charge is -2.09. The molecule has 0 aliphatic heterocycles. The van der Waals surface area contributed by atoms with E-state index in [1.54, 1.807) is 17.5 Å². The lowest BCUT2D eigenvalue weighted by Crippen LogP contribution is -2.09. The van der Waals surface area contributed by atoms with Gasteiger partial charge in [-0.1, -0.05) is 23.7 Å². The minimum absolute atomic E-state index is 0.642. The van der Waals surface area contributed by atoms with Gasteiger partial charge < -0.3 is 9.13 Å². The minimum Gasteiger partial charge on any atom is -0.331 e. The van der Waals surface area contributed by atoms with Gasteiger partial charge >= 0.3 is 0 Å². The standard InChI is InChI=1S/C18H17ClN6S/c1-24-10-8-21-17(24)18-23-22-15(25(18)12-16-20-9-11-26-16)7-4-13-2-5-14(19)6-3-13/h2-3,5-6,8-11H,4,7,12H2,1H3. The largest absolute Gasteiger partial charge is 0.331 e. The van der Waals surface area contributed by atoms with Gasteiger partial charge in [0.2, 0.25) is 0 Å². The molecule has 6 nitrogen and oxygen atoms in total. The maximum absolute atomic E-state index is 5.97. The van der Waals surface area contributed by atoms with E-state index in [9.17, 15) is 0 Å². The molecule has 0 atom stereocenters. The van der Waals surface area contributed by atoms with Crippen LogP contribution in [0.15, 0.2) is 48.2 Å². The van der Waals surface area contributed by atoms with Gasteiger partial charge in [0.15, 0.2) is 11.6 Å². The molecule has 4 aromatic rings. The summed E-state index contributed by atoms with van der Waals surface area (Å²) in [4.78, 5) is 8.83. The molecule has 0 saturated heterocycles. The van der Waals surface area contributed by atoms with Gasteiger partial charge in [-0.15, -0.1) is 21.5 Å². The Kier molecular flexibility index (Phi) is 4.81. The van der Waals surface area contributed by atoms with E-state index in [4.69, 9.17) is 11.6 Å². The number of thiazole rings is 1. The number of imidazole rings is 1. The summed E-state index contributed by atoms with van der Waals surface area (Å²) < 4.78 is 4.06. The molecule has 0 radical (unpaired) electrons. The van der Waals surface area contributed by atoms with E-state index in [2.05, 4.69) is 24.7 Å². The zero-order chi connectivity index (χ0) is 17.9.